The van der Waals surface area contributed by atoms with Gasteiger partial charge in [0.15, 0.2) is 0 Å². The number of carbonyl (C=O) groups is 2. The van der Waals surface area contributed by atoms with Crippen LogP contribution < -0.4 is 5.32 Å². The molecular weight excluding hydrogens is 277 g/mol. The Morgan fingerprint density at radius 1 is 1.25 bits per heavy atom. The van der Waals surface area contributed by atoms with E-state index in [0.717, 1.165) is 0 Å². The number of halogens is 3. The fourth-order valence-corrected chi connectivity index (χ4v) is 2.01. The highest BCUT2D eigenvalue weighted by atomic mass is 19.4. The molecule has 1 rings (SSSR count). The molecular formula is C12H19F3N2O3. The van der Waals surface area contributed by atoms with E-state index in [4.69, 9.17) is 0 Å². The van der Waals surface area contributed by atoms with Gasteiger partial charge in [-0.25, -0.2) is 9.59 Å². The first-order valence-electron chi connectivity index (χ1n) is 6.54. The summed E-state index contributed by atoms with van der Waals surface area (Å²) in [7, 11) is 0. The average Bonchev–Trinajstić information content (AvgIpc) is 3.15. The average molecular weight is 296 g/mol. The highest BCUT2D eigenvalue weighted by Gasteiger charge is 2.44. The molecule has 0 aromatic rings. The standard InChI is InChI=1S/C12H19F3N2O3/c1-3-11(4-2,9(18)19)16-10(20)17(8-5-6-8)7-12(13,14)15/h8H,3-7H2,1-2H3,(H,16,20)(H,18,19). The molecule has 20 heavy (non-hydrogen) atoms. The number of amides is 2. The van der Waals surface area contributed by atoms with Gasteiger partial charge in [-0.15, -0.1) is 0 Å². The number of nitrogens with one attached hydrogen (secondary N) is 1. The Morgan fingerprint density at radius 3 is 2.05 bits per heavy atom. The van der Waals surface area contributed by atoms with Crippen LogP contribution in [0.15, 0.2) is 0 Å². The number of hydrogen-bond acceptors (Lipinski definition) is 2. The number of urea groups is 1. The van der Waals surface area contributed by atoms with Crippen molar-refractivity contribution in [3.8, 4) is 0 Å². The van der Waals surface area contributed by atoms with Crippen LogP contribution >= 0.6 is 0 Å². The lowest BCUT2D eigenvalue weighted by Gasteiger charge is -2.32. The number of aliphatic carboxylic acids is 1. The van der Waals surface area contributed by atoms with Gasteiger partial charge in [-0.2, -0.15) is 13.2 Å². The second-order valence-corrected chi connectivity index (χ2v) is 5.00. The highest BCUT2D eigenvalue weighted by Crippen LogP contribution is 2.30. The van der Waals surface area contributed by atoms with Crippen LogP contribution in [0.1, 0.15) is 39.5 Å². The van der Waals surface area contributed by atoms with Crippen molar-refractivity contribution in [1.82, 2.24) is 10.2 Å². The fraction of sp³-hybridized carbons (Fsp3) is 0.833. The number of alkyl halides is 3. The van der Waals surface area contributed by atoms with Gasteiger partial charge in [0.2, 0.25) is 0 Å². The lowest BCUT2D eigenvalue weighted by molar-refractivity contribution is -0.145. The lowest BCUT2D eigenvalue weighted by atomic mass is 9.93. The predicted octanol–water partition coefficient (Wildman–Crippen LogP) is 2.37. The zero-order valence-electron chi connectivity index (χ0n) is 11.5. The third-order valence-electron chi connectivity index (χ3n) is 3.56. The van der Waals surface area contributed by atoms with Crippen molar-refractivity contribution in [3.63, 3.8) is 0 Å². The molecule has 1 saturated carbocycles. The molecule has 116 valence electrons. The van der Waals surface area contributed by atoms with E-state index in [0.29, 0.717) is 17.7 Å². The van der Waals surface area contributed by atoms with E-state index in [9.17, 15) is 27.9 Å². The Labute approximate surface area is 115 Å². The number of nitrogens with zero attached hydrogens (tertiary/aromatic N) is 1. The van der Waals surface area contributed by atoms with Crippen molar-refractivity contribution in [2.24, 2.45) is 0 Å². The normalized spacial score (nSPS) is 15.8. The maximum Gasteiger partial charge on any atom is 0.406 e. The first-order valence-corrected chi connectivity index (χ1v) is 6.54. The van der Waals surface area contributed by atoms with Gasteiger partial charge in [0.05, 0.1) is 0 Å². The topological polar surface area (TPSA) is 69.6 Å². The highest BCUT2D eigenvalue weighted by molar-refractivity contribution is 5.86. The number of carboxylic acid groups (broad SMARTS) is 1. The molecule has 1 fully saturated rings. The summed E-state index contributed by atoms with van der Waals surface area (Å²) in [6.07, 6.45) is -3.25. The summed E-state index contributed by atoms with van der Waals surface area (Å²) in [5.74, 6) is -1.24. The van der Waals surface area contributed by atoms with E-state index >= 15 is 0 Å². The zero-order valence-corrected chi connectivity index (χ0v) is 11.5. The molecule has 5 nitrogen and oxygen atoms in total. The minimum absolute atomic E-state index is 0.106. The van der Waals surface area contributed by atoms with Crippen LogP contribution in [0.5, 0.6) is 0 Å². The molecule has 2 N–H and O–H groups in total. The number of carboxylic acids is 1. The van der Waals surface area contributed by atoms with Crippen LogP contribution in [-0.4, -0.2) is 46.3 Å². The van der Waals surface area contributed by atoms with Crippen LogP contribution in [0.25, 0.3) is 0 Å². The van der Waals surface area contributed by atoms with Gasteiger partial charge < -0.3 is 15.3 Å². The molecule has 0 aromatic heterocycles. The van der Waals surface area contributed by atoms with E-state index in [1.807, 2.05) is 0 Å². The molecule has 2 amide bonds. The molecule has 0 atom stereocenters. The Balaban J connectivity index is 2.82. The van der Waals surface area contributed by atoms with Crippen molar-refractivity contribution in [2.75, 3.05) is 6.54 Å². The van der Waals surface area contributed by atoms with E-state index in [1.54, 1.807) is 13.8 Å². The maximum atomic E-state index is 12.5. The summed E-state index contributed by atoms with van der Waals surface area (Å²) in [5, 5.41) is 11.4. The van der Waals surface area contributed by atoms with Gasteiger partial charge in [-0.3, -0.25) is 0 Å². The van der Waals surface area contributed by atoms with Crippen LogP contribution in [-0.2, 0) is 4.79 Å². The smallest absolute Gasteiger partial charge is 0.406 e. The molecule has 0 heterocycles. The Hall–Kier alpha value is -1.47. The summed E-state index contributed by atoms with van der Waals surface area (Å²) < 4.78 is 37.4. The Kier molecular flexibility index (Phi) is 4.88. The van der Waals surface area contributed by atoms with Crippen LogP contribution in [0, 0.1) is 0 Å². The second kappa shape index (κ2) is 5.88. The number of hydrogen-bond donors (Lipinski definition) is 2. The molecule has 1 aliphatic carbocycles. The van der Waals surface area contributed by atoms with E-state index in [-0.39, 0.29) is 12.8 Å². The minimum atomic E-state index is -4.50. The molecule has 0 unspecified atom stereocenters. The van der Waals surface area contributed by atoms with Gasteiger partial charge in [-0.1, -0.05) is 13.8 Å². The third-order valence-corrected chi connectivity index (χ3v) is 3.56. The van der Waals surface area contributed by atoms with Crippen molar-refractivity contribution in [1.29, 1.82) is 0 Å². The molecule has 0 aliphatic heterocycles. The van der Waals surface area contributed by atoms with Crippen molar-refractivity contribution in [3.05, 3.63) is 0 Å². The molecule has 0 spiro atoms. The zero-order chi connectivity index (χ0) is 15.6. The first-order chi connectivity index (χ1) is 9.15. The number of carbonyl (C=O) groups excluding carboxylic acids is 1. The lowest BCUT2D eigenvalue weighted by Crippen LogP contribution is -2.58. The molecule has 8 heteroatoms. The summed E-state index contributed by atoms with van der Waals surface area (Å²) in [6, 6.07) is -1.41. The minimum Gasteiger partial charge on any atom is -0.480 e. The molecule has 0 bridgehead atoms. The second-order valence-electron chi connectivity index (χ2n) is 5.00. The van der Waals surface area contributed by atoms with E-state index in [2.05, 4.69) is 5.32 Å². The summed E-state index contributed by atoms with van der Waals surface area (Å²) in [4.78, 5) is 23.9. The maximum absolute atomic E-state index is 12.5. The van der Waals surface area contributed by atoms with Crippen LogP contribution in [0.4, 0.5) is 18.0 Å². The monoisotopic (exact) mass is 296 g/mol. The summed E-state index contributed by atoms with van der Waals surface area (Å²) >= 11 is 0. The van der Waals surface area contributed by atoms with Gasteiger partial charge in [-0.05, 0) is 25.7 Å². The van der Waals surface area contributed by atoms with Gasteiger partial charge in [0.25, 0.3) is 0 Å². The van der Waals surface area contributed by atoms with Crippen molar-refractivity contribution < 1.29 is 27.9 Å². The van der Waals surface area contributed by atoms with E-state index in [1.165, 1.54) is 0 Å². The molecule has 0 saturated heterocycles. The molecule has 1 aliphatic rings. The van der Waals surface area contributed by atoms with Crippen molar-refractivity contribution >= 4 is 12.0 Å². The number of rotatable bonds is 6. The van der Waals surface area contributed by atoms with E-state index < -0.39 is 36.3 Å². The van der Waals surface area contributed by atoms with Gasteiger partial charge in [0.1, 0.15) is 12.1 Å². The van der Waals surface area contributed by atoms with Crippen LogP contribution in [0.3, 0.4) is 0 Å². The molecule has 0 aromatic carbocycles. The summed E-state index contributed by atoms with van der Waals surface area (Å²) in [6.45, 7) is 1.79. The van der Waals surface area contributed by atoms with Crippen LogP contribution in [0.2, 0.25) is 0 Å². The van der Waals surface area contributed by atoms with Gasteiger partial charge in [0, 0.05) is 6.04 Å². The SMILES string of the molecule is CCC(CC)(NC(=O)N(CC(F)(F)F)C1CC1)C(=O)O. The molecule has 0 radical (unpaired) electrons. The predicted molar refractivity (Wildman–Crippen MR) is 65.3 cm³/mol. The summed E-state index contributed by atoms with van der Waals surface area (Å²) in [5.41, 5.74) is -1.52. The fourth-order valence-electron chi connectivity index (χ4n) is 2.01. The quantitative estimate of drug-likeness (QED) is 0.790. The first kappa shape index (κ1) is 16.6. The van der Waals surface area contributed by atoms with Crippen molar-refractivity contribution in [2.45, 2.75) is 57.3 Å². The Bertz CT molecular complexity index is 377. The third kappa shape index (κ3) is 4.01. The Morgan fingerprint density at radius 2 is 1.75 bits per heavy atom. The largest absolute Gasteiger partial charge is 0.480 e. The van der Waals surface area contributed by atoms with Gasteiger partial charge >= 0.3 is 18.2 Å².